The Hall–Kier alpha value is -1.62. The molecule has 5 heteroatoms. The molecule has 0 spiro atoms. The molecule has 0 aromatic carbocycles. The van der Waals surface area contributed by atoms with Crippen molar-refractivity contribution in [3.8, 4) is 0 Å². The Kier molecular flexibility index (Phi) is 6.47. The summed E-state index contributed by atoms with van der Waals surface area (Å²) >= 11 is 1.55. The molecule has 1 heterocycles. The monoisotopic (exact) mass is 306 g/mol. The van der Waals surface area contributed by atoms with Crippen molar-refractivity contribution < 1.29 is 9.59 Å². The molecule has 2 amide bonds. The van der Waals surface area contributed by atoms with E-state index in [4.69, 9.17) is 0 Å². The lowest BCUT2D eigenvalue weighted by Crippen LogP contribution is -2.37. The molecule has 0 unspecified atom stereocenters. The lowest BCUT2D eigenvalue weighted by atomic mass is 9.97. The highest BCUT2D eigenvalue weighted by molar-refractivity contribution is 7.10. The summed E-state index contributed by atoms with van der Waals surface area (Å²) in [5.41, 5.74) is 1.45. The summed E-state index contributed by atoms with van der Waals surface area (Å²) in [6.45, 7) is 0.717. The van der Waals surface area contributed by atoms with Crippen LogP contribution in [0.1, 0.15) is 37.0 Å². The summed E-state index contributed by atoms with van der Waals surface area (Å²) in [6.07, 6.45) is 8.44. The van der Waals surface area contributed by atoms with Gasteiger partial charge in [0.1, 0.15) is 0 Å². The smallest absolute Gasteiger partial charge is 0.239 e. The van der Waals surface area contributed by atoms with E-state index in [1.807, 2.05) is 17.5 Å². The van der Waals surface area contributed by atoms with Crippen LogP contribution in [0.5, 0.6) is 0 Å². The van der Waals surface area contributed by atoms with Crippen molar-refractivity contribution in [2.75, 3.05) is 13.1 Å². The van der Waals surface area contributed by atoms with Crippen LogP contribution in [-0.2, 0) is 16.0 Å². The number of carbonyl (C=O) groups excluding carboxylic acids is 2. The topological polar surface area (TPSA) is 58.2 Å². The third-order valence-electron chi connectivity index (χ3n) is 3.51. The van der Waals surface area contributed by atoms with Gasteiger partial charge in [-0.3, -0.25) is 9.59 Å². The van der Waals surface area contributed by atoms with Crippen LogP contribution in [0.4, 0.5) is 0 Å². The zero-order valence-corrected chi connectivity index (χ0v) is 13.0. The molecule has 2 rings (SSSR count). The largest absolute Gasteiger partial charge is 0.354 e. The lowest BCUT2D eigenvalue weighted by Gasteiger charge is -2.13. The summed E-state index contributed by atoms with van der Waals surface area (Å²) in [4.78, 5) is 24.3. The first kappa shape index (κ1) is 15.8. The number of nitrogens with one attached hydrogen (secondary N) is 2. The van der Waals surface area contributed by atoms with Crippen molar-refractivity contribution in [3.05, 3.63) is 34.0 Å². The normalized spacial score (nSPS) is 14.4. The van der Waals surface area contributed by atoms with Crippen molar-refractivity contribution in [3.63, 3.8) is 0 Å². The Balaban J connectivity index is 1.56. The molecule has 1 aliphatic rings. The standard InChI is InChI=1S/C16H22N2O2S/c19-15(11-14-7-4-10-21-14)18-12-16(20)17-9-8-13-5-2-1-3-6-13/h4-5,7,10H,1-3,6,8-9,11-12H2,(H,17,20)(H,18,19). The van der Waals surface area contributed by atoms with Crippen LogP contribution < -0.4 is 10.6 Å². The second kappa shape index (κ2) is 8.62. The molecule has 0 saturated heterocycles. The predicted molar refractivity (Wildman–Crippen MR) is 85.2 cm³/mol. The summed E-state index contributed by atoms with van der Waals surface area (Å²) in [5, 5.41) is 7.44. The molecule has 0 radical (unpaired) electrons. The third kappa shape index (κ3) is 6.12. The summed E-state index contributed by atoms with van der Waals surface area (Å²) in [7, 11) is 0. The van der Waals surface area contributed by atoms with E-state index in [-0.39, 0.29) is 18.4 Å². The van der Waals surface area contributed by atoms with Gasteiger partial charge in [-0.15, -0.1) is 11.3 Å². The van der Waals surface area contributed by atoms with Crippen molar-refractivity contribution >= 4 is 23.2 Å². The second-order valence-corrected chi connectivity index (χ2v) is 6.27. The minimum absolute atomic E-state index is 0.0588. The maximum absolute atomic E-state index is 11.6. The molecular formula is C16H22N2O2S. The van der Waals surface area contributed by atoms with Crippen LogP contribution in [0, 0.1) is 0 Å². The van der Waals surface area contributed by atoms with Gasteiger partial charge in [-0.2, -0.15) is 0 Å². The predicted octanol–water partition coefficient (Wildman–Crippen LogP) is 2.41. The molecule has 21 heavy (non-hydrogen) atoms. The van der Waals surface area contributed by atoms with E-state index >= 15 is 0 Å². The maximum Gasteiger partial charge on any atom is 0.239 e. The van der Waals surface area contributed by atoms with E-state index in [0.717, 1.165) is 17.7 Å². The molecule has 0 bridgehead atoms. The first-order chi connectivity index (χ1) is 10.2. The van der Waals surface area contributed by atoms with Gasteiger partial charge in [0.05, 0.1) is 13.0 Å². The lowest BCUT2D eigenvalue weighted by molar-refractivity contribution is -0.125. The second-order valence-electron chi connectivity index (χ2n) is 5.24. The van der Waals surface area contributed by atoms with Gasteiger partial charge in [0.15, 0.2) is 0 Å². The average molecular weight is 306 g/mol. The molecule has 1 aromatic rings. The number of carbonyl (C=O) groups is 2. The molecule has 0 atom stereocenters. The number of thiophene rings is 1. The zero-order chi connectivity index (χ0) is 14.9. The van der Waals surface area contributed by atoms with Gasteiger partial charge in [-0.25, -0.2) is 0 Å². The number of rotatable bonds is 7. The highest BCUT2D eigenvalue weighted by Crippen LogP contribution is 2.19. The molecule has 1 aromatic heterocycles. The number of hydrogen-bond acceptors (Lipinski definition) is 3. The van der Waals surface area contributed by atoms with Gasteiger partial charge in [0.25, 0.3) is 0 Å². The van der Waals surface area contributed by atoms with Crippen LogP contribution in [0.15, 0.2) is 29.2 Å². The van der Waals surface area contributed by atoms with E-state index in [1.54, 1.807) is 11.3 Å². The highest BCUT2D eigenvalue weighted by atomic mass is 32.1. The Labute approximate surface area is 129 Å². The summed E-state index contributed by atoms with van der Waals surface area (Å²) in [5.74, 6) is -0.228. The number of allylic oxidation sites excluding steroid dienone is 1. The van der Waals surface area contributed by atoms with Crippen LogP contribution in [0.3, 0.4) is 0 Å². The molecule has 0 fully saturated rings. The van der Waals surface area contributed by atoms with Gasteiger partial charge in [-0.1, -0.05) is 17.7 Å². The Morgan fingerprint density at radius 1 is 1.19 bits per heavy atom. The zero-order valence-electron chi connectivity index (χ0n) is 12.2. The van der Waals surface area contributed by atoms with Crippen molar-refractivity contribution in [1.82, 2.24) is 10.6 Å². The Morgan fingerprint density at radius 3 is 2.81 bits per heavy atom. The number of amides is 2. The fourth-order valence-corrected chi connectivity index (χ4v) is 3.07. The van der Waals surface area contributed by atoms with Crippen molar-refractivity contribution in [2.45, 2.75) is 38.5 Å². The first-order valence-electron chi connectivity index (χ1n) is 7.48. The van der Waals surface area contributed by atoms with Gasteiger partial charge in [0.2, 0.25) is 11.8 Å². The fraction of sp³-hybridized carbons (Fsp3) is 0.500. The van der Waals surface area contributed by atoms with Gasteiger partial charge in [-0.05, 0) is 43.6 Å². The van der Waals surface area contributed by atoms with Gasteiger partial charge >= 0.3 is 0 Å². The SMILES string of the molecule is O=C(CNC(=O)Cc1cccs1)NCCC1=CCCCC1. The average Bonchev–Trinajstić information content (AvgIpc) is 2.99. The molecule has 114 valence electrons. The highest BCUT2D eigenvalue weighted by Gasteiger charge is 2.08. The molecular weight excluding hydrogens is 284 g/mol. The van der Waals surface area contributed by atoms with Crippen LogP contribution in [0.2, 0.25) is 0 Å². The molecule has 1 aliphatic carbocycles. The van der Waals surface area contributed by atoms with Gasteiger partial charge in [0, 0.05) is 11.4 Å². The van der Waals surface area contributed by atoms with Crippen LogP contribution in [0.25, 0.3) is 0 Å². The van der Waals surface area contributed by atoms with Crippen molar-refractivity contribution in [2.24, 2.45) is 0 Å². The molecule has 0 aliphatic heterocycles. The van der Waals surface area contributed by atoms with Crippen LogP contribution in [-0.4, -0.2) is 24.9 Å². The minimum atomic E-state index is -0.120. The third-order valence-corrected chi connectivity index (χ3v) is 4.39. The fourth-order valence-electron chi connectivity index (χ4n) is 2.37. The minimum Gasteiger partial charge on any atom is -0.354 e. The van der Waals surface area contributed by atoms with E-state index in [1.165, 1.54) is 24.8 Å². The van der Waals surface area contributed by atoms with E-state index < -0.39 is 0 Å². The van der Waals surface area contributed by atoms with E-state index in [0.29, 0.717) is 13.0 Å². The molecule has 0 saturated carbocycles. The number of hydrogen-bond donors (Lipinski definition) is 2. The van der Waals surface area contributed by atoms with Crippen LogP contribution >= 0.6 is 11.3 Å². The maximum atomic E-state index is 11.6. The first-order valence-corrected chi connectivity index (χ1v) is 8.35. The van der Waals surface area contributed by atoms with Crippen molar-refractivity contribution in [1.29, 1.82) is 0 Å². The van der Waals surface area contributed by atoms with E-state index in [2.05, 4.69) is 16.7 Å². The Morgan fingerprint density at radius 2 is 2.10 bits per heavy atom. The van der Waals surface area contributed by atoms with Gasteiger partial charge < -0.3 is 10.6 Å². The molecule has 4 nitrogen and oxygen atoms in total. The quantitative estimate of drug-likeness (QED) is 0.760. The molecule has 2 N–H and O–H groups in total. The summed E-state index contributed by atoms with van der Waals surface area (Å²) in [6, 6.07) is 3.84. The summed E-state index contributed by atoms with van der Waals surface area (Å²) < 4.78 is 0. The van der Waals surface area contributed by atoms with E-state index in [9.17, 15) is 9.59 Å². The Bertz CT molecular complexity index is 494.